The summed E-state index contributed by atoms with van der Waals surface area (Å²) in [6.45, 7) is 6.83. The van der Waals surface area contributed by atoms with Crippen molar-refractivity contribution in [1.82, 2.24) is 0 Å². The Morgan fingerprint density at radius 2 is 1.88 bits per heavy atom. The standard InChI is InChI=1S/C14H22N2O/c1-10-6-11(2)9-16(8-10)13-5-4-12(15)7-14(13)17-3/h4-5,7,10-11H,6,8-9,15H2,1-3H3/t10-,11-/m0/s1. The fourth-order valence-corrected chi connectivity index (χ4v) is 2.82. The molecule has 2 rings (SSSR count). The average Bonchev–Trinajstić information content (AvgIpc) is 2.27. The maximum Gasteiger partial charge on any atom is 0.144 e. The number of methoxy groups -OCH3 is 1. The van der Waals surface area contributed by atoms with Crippen molar-refractivity contribution in [2.75, 3.05) is 30.8 Å². The molecule has 1 heterocycles. The first-order valence-corrected chi connectivity index (χ1v) is 6.28. The summed E-state index contributed by atoms with van der Waals surface area (Å²) in [6.07, 6.45) is 1.31. The molecule has 2 N–H and O–H groups in total. The van der Waals surface area contributed by atoms with E-state index in [9.17, 15) is 0 Å². The van der Waals surface area contributed by atoms with Gasteiger partial charge in [-0.05, 0) is 30.4 Å². The van der Waals surface area contributed by atoms with Crippen molar-refractivity contribution in [2.45, 2.75) is 20.3 Å². The lowest BCUT2D eigenvalue weighted by atomic mass is 9.91. The van der Waals surface area contributed by atoms with Gasteiger partial charge >= 0.3 is 0 Å². The third-order valence-electron chi connectivity index (χ3n) is 3.41. The van der Waals surface area contributed by atoms with Gasteiger partial charge in [-0.3, -0.25) is 0 Å². The third kappa shape index (κ3) is 2.65. The zero-order chi connectivity index (χ0) is 12.4. The van der Waals surface area contributed by atoms with Gasteiger partial charge in [0, 0.05) is 24.8 Å². The van der Waals surface area contributed by atoms with Crippen molar-refractivity contribution in [3.05, 3.63) is 18.2 Å². The minimum absolute atomic E-state index is 0.737. The Labute approximate surface area is 104 Å². The smallest absolute Gasteiger partial charge is 0.144 e. The second kappa shape index (κ2) is 4.86. The summed E-state index contributed by atoms with van der Waals surface area (Å²) in [7, 11) is 1.70. The van der Waals surface area contributed by atoms with Crippen LogP contribution in [-0.4, -0.2) is 20.2 Å². The van der Waals surface area contributed by atoms with Crippen LogP contribution >= 0.6 is 0 Å². The number of nitrogens with zero attached hydrogens (tertiary/aromatic N) is 1. The van der Waals surface area contributed by atoms with Crippen molar-refractivity contribution in [2.24, 2.45) is 11.8 Å². The Morgan fingerprint density at radius 1 is 1.24 bits per heavy atom. The molecule has 0 unspecified atom stereocenters. The van der Waals surface area contributed by atoms with Gasteiger partial charge in [-0.25, -0.2) is 0 Å². The van der Waals surface area contributed by atoms with E-state index >= 15 is 0 Å². The summed E-state index contributed by atoms with van der Waals surface area (Å²) in [5.74, 6) is 2.35. The second-order valence-corrected chi connectivity index (χ2v) is 5.28. The maximum atomic E-state index is 5.79. The Bertz CT molecular complexity index is 382. The van der Waals surface area contributed by atoms with Crippen molar-refractivity contribution in [1.29, 1.82) is 0 Å². The number of piperidine rings is 1. The fourth-order valence-electron chi connectivity index (χ4n) is 2.82. The van der Waals surface area contributed by atoms with E-state index in [1.807, 2.05) is 12.1 Å². The first kappa shape index (κ1) is 12.1. The Balaban J connectivity index is 2.26. The minimum atomic E-state index is 0.737. The van der Waals surface area contributed by atoms with Gasteiger partial charge in [-0.15, -0.1) is 0 Å². The molecule has 0 bridgehead atoms. The number of ether oxygens (including phenoxy) is 1. The van der Waals surface area contributed by atoms with Crippen molar-refractivity contribution in [3.8, 4) is 5.75 Å². The quantitative estimate of drug-likeness (QED) is 0.800. The molecule has 0 spiro atoms. The highest BCUT2D eigenvalue weighted by atomic mass is 16.5. The van der Waals surface area contributed by atoms with Gasteiger partial charge in [0.15, 0.2) is 0 Å². The molecule has 2 atom stereocenters. The van der Waals surface area contributed by atoms with Crippen LogP contribution in [0.25, 0.3) is 0 Å². The molecule has 1 aromatic rings. The lowest BCUT2D eigenvalue weighted by molar-refractivity contribution is 0.351. The van der Waals surface area contributed by atoms with Gasteiger partial charge in [0.25, 0.3) is 0 Å². The van der Waals surface area contributed by atoms with E-state index in [1.165, 1.54) is 12.1 Å². The van der Waals surface area contributed by atoms with Crippen LogP contribution in [0.3, 0.4) is 0 Å². The lowest BCUT2D eigenvalue weighted by Gasteiger charge is -2.37. The predicted molar refractivity (Wildman–Crippen MR) is 72.6 cm³/mol. The average molecular weight is 234 g/mol. The number of nitrogen functional groups attached to an aromatic ring is 1. The first-order valence-electron chi connectivity index (χ1n) is 6.28. The largest absolute Gasteiger partial charge is 0.495 e. The minimum Gasteiger partial charge on any atom is -0.495 e. The number of anilines is 2. The number of rotatable bonds is 2. The SMILES string of the molecule is COc1cc(N)ccc1N1C[C@@H](C)C[C@H](C)C1. The molecule has 0 radical (unpaired) electrons. The molecule has 94 valence electrons. The molecule has 3 heteroatoms. The molecular weight excluding hydrogens is 212 g/mol. The number of hydrogen-bond acceptors (Lipinski definition) is 3. The zero-order valence-corrected chi connectivity index (χ0v) is 10.9. The van der Waals surface area contributed by atoms with E-state index in [1.54, 1.807) is 7.11 Å². The summed E-state index contributed by atoms with van der Waals surface area (Å²) < 4.78 is 5.43. The molecule has 1 aromatic carbocycles. The molecule has 0 aromatic heterocycles. The van der Waals surface area contributed by atoms with Crippen LogP contribution in [0.2, 0.25) is 0 Å². The highest BCUT2D eigenvalue weighted by Gasteiger charge is 2.23. The summed E-state index contributed by atoms with van der Waals surface area (Å²) in [5, 5.41) is 0. The van der Waals surface area contributed by atoms with Crippen LogP contribution in [0.4, 0.5) is 11.4 Å². The lowest BCUT2D eigenvalue weighted by Crippen LogP contribution is -2.38. The van der Waals surface area contributed by atoms with Crippen LogP contribution < -0.4 is 15.4 Å². The van der Waals surface area contributed by atoms with E-state index in [4.69, 9.17) is 10.5 Å². The monoisotopic (exact) mass is 234 g/mol. The summed E-state index contributed by atoms with van der Waals surface area (Å²) in [5.41, 5.74) is 7.71. The van der Waals surface area contributed by atoms with Gasteiger partial charge in [0.2, 0.25) is 0 Å². The van der Waals surface area contributed by atoms with Crippen LogP contribution in [0.5, 0.6) is 5.75 Å². The Morgan fingerprint density at radius 3 is 2.47 bits per heavy atom. The van der Waals surface area contributed by atoms with Crippen LogP contribution in [0.15, 0.2) is 18.2 Å². The molecule has 0 aliphatic carbocycles. The first-order chi connectivity index (χ1) is 8.10. The number of benzene rings is 1. The van der Waals surface area contributed by atoms with E-state index in [0.29, 0.717) is 0 Å². The fraction of sp³-hybridized carbons (Fsp3) is 0.571. The van der Waals surface area contributed by atoms with Crippen LogP contribution in [0.1, 0.15) is 20.3 Å². The Hall–Kier alpha value is -1.38. The molecule has 1 saturated heterocycles. The van der Waals surface area contributed by atoms with E-state index < -0.39 is 0 Å². The van der Waals surface area contributed by atoms with Crippen molar-refractivity contribution in [3.63, 3.8) is 0 Å². The van der Waals surface area contributed by atoms with E-state index in [-0.39, 0.29) is 0 Å². The second-order valence-electron chi connectivity index (χ2n) is 5.28. The maximum absolute atomic E-state index is 5.79. The molecule has 1 aliphatic rings. The Kier molecular flexibility index (Phi) is 3.46. The molecule has 1 aliphatic heterocycles. The third-order valence-corrected chi connectivity index (χ3v) is 3.41. The van der Waals surface area contributed by atoms with Gasteiger partial charge < -0.3 is 15.4 Å². The highest BCUT2D eigenvalue weighted by molar-refractivity contribution is 5.64. The van der Waals surface area contributed by atoms with Crippen molar-refractivity contribution >= 4 is 11.4 Å². The van der Waals surface area contributed by atoms with Gasteiger partial charge in [0.1, 0.15) is 5.75 Å². The topological polar surface area (TPSA) is 38.5 Å². The highest BCUT2D eigenvalue weighted by Crippen LogP contribution is 2.34. The van der Waals surface area contributed by atoms with E-state index in [2.05, 4.69) is 24.8 Å². The van der Waals surface area contributed by atoms with E-state index in [0.717, 1.165) is 36.4 Å². The zero-order valence-electron chi connectivity index (χ0n) is 10.9. The predicted octanol–water partition coefficient (Wildman–Crippen LogP) is 2.76. The molecular formula is C14H22N2O. The molecule has 1 fully saturated rings. The molecule has 3 nitrogen and oxygen atoms in total. The molecule has 0 saturated carbocycles. The molecule has 0 amide bonds. The van der Waals surface area contributed by atoms with Crippen molar-refractivity contribution < 1.29 is 4.74 Å². The van der Waals surface area contributed by atoms with Crippen LogP contribution in [0, 0.1) is 11.8 Å². The summed E-state index contributed by atoms with van der Waals surface area (Å²) >= 11 is 0. The van der Waals surface area contributed by atoms with Crippen LogP contribution in [-0.2, 0) is 0 Å². The van der Waals surface area contributed by atoms with Gasteiger partial charge in [-0.2, -0.15) is 0 Å². The van der Waals surface area contributed by atoms with Gasteiger partial charge in [-0.1, -0.05) is 13.8 Å². The summed E-state index contributed by atoms with van der Waals surface area (Å²) in [4.78, 5) is 2.41. The molecule has 17 heavy (non-hydrogen) atoms. The normalized spacial score (nSPS) is 24.8. The summed E-state index contributed by atoms with van der Waals surface area (Å²) in [6, 6.07) is 5.92. The number of hydrogen-bond donors (Lipinski definition) is 1. The number of nitrogens with two attached hydrogens (primary N) is 1. The van der Waals surface area contributed by atoms with Gasteiger partial charge in [0.05, 0.1) is 12.8 Å².